The highest BCUT2D eigenvalue weighted by atomic mass is 28.3. The molecule has 65 valence electrons. The van der Waals surface area contributed by atoms with Crippen molar-refractivity contribution in [3.8, 4) is 0 Å². The molecule has 0 heterocycles. The Balaban J connectivity index is 4.01. The molecule has 0 aliphatic carbocycles. The Morgan fingerprint density at radius 3 is 2.00 bits per heavy atom. The summed E-state index contributed by atoms with van der Waals surface area (Å²) >= 11 is 0. The zero-order chi connectivity index (χ0) is 9.07. The van der Waals surface area contributed by atoms with E-state index in [9.17, 15) is 0 Å². The molecule has 0 aromatic carbocycles. The van der Waals surface area contributed by atoms with E-state index in [2.05, 4.69) is 37.4 Å². The van der Waals surface area contributed by atoms with Gasteiger partial charge in [-0.25, -0.2) is 0 Å². The highest BCUT2D eigenvalue weighted by Crippen LogP contribution is 2.03. The van der Waals surface area contributed by atoms with Gasteiger partial charge in [-0.1, -0.05) is 0 Å². The maximum atomic E-state index is 5.51. The van der Waals surface area contributed by atoms with E-state index in [1.165, 1.54) is 0 Å². The van der Waals surface area contributed by atoms with Crippen molar-refractivity contribution in [2.75, 3.05) is 0 Å². The van der Waals surface area contributed by atoms with Gasteiger partial charge >= 0.3 is 0 Å². The summed E-state index contributed by atoms with van der Waals surface area (Å²) in [7, 11) is -1.92. The van der Waals surface area contributed by atoms with Crippen molar-refractivity contribution in [2.24, 2.45) is 4.66 Å². The predicted octanol–water partition coefficient (Wildman–Crippen LogP) is 2.51. The zero-order valence-corrected chi connectivity index (χ0v) is 10.4. The summed E-state index contributed by atoms with van der Waals surface area (Å²) in [5.74, 6) is 0.878. The lowest BCUT2D eigenvalue weighted by molar-refractivity contribution is 0.573. The Kier molecular flexibility index (Phi) is 4.03. The number of hydrogen-bond donors (Lipinski definition) is 0. The second kappa shape index (κ2) is 4.06. The molecule has 1 radical (unpaired) electrons. The van der Waals surface area contributed by atoms with Gasteiger partial charge in [0.2, 0.25) is 0 Å². The Morgan fingerprint density at radius 2 is 1.73 bits per heavy atom. The number of hydrogen-bond acceptors (Lipinski definition) is 2. The fourth-order valence-corrected chi connectivity index (χ4v) is 2.51. The van der Waals surface area contributed by atoms with Crippen molar-refractivity contribution in [3.05, 3.63) is 0 Å². The molecule has 0 rings (SSSR count). The van der Waals surface area contributed by atoms with Crippen molar-refractivity contribution in [2.45, 2.75) is 39.7 Å². The molecule has 0 bridgehead atoms. The van der Waals surface area contributed by atoms with E-state index in [0.717, 1.165) is 5.90 Å². The largest absolute Gasteiger partial charge is 0.534 e. The molecule has 11 heavy (non-hydrogen) atoms. The summed E-state index contributed by atoms with van der Waals surface area (Å²) in [5.41, 5.74) is 0. The van der Waals surface area contributed by atoms with E-state index >= 15 is 0 Å². The highest BCUT2D eigenvalue weighted by molar-refractivity contribution is 6.75. The van der Waals surface area contributed by atoms with Crippen LogP contribution in [0.1, 0.15) is 6.92 Å². The summed E-state index contributed by atoms with van der Waals surface area (Å²) in [6, 6.07) is 0. The molecule has 0 atom stereocenters. The van der Waals surface area contributed by atoms with Crippen LogP contribution in [0.3, 0.4) is 0 Å². The van der Waals surface area contributed by atoms with E-state index in [4.69, 9.17) is 4.43 Å². The van der Waals surface area contributed by atoms with Crippen molar-refractivity contribution >= 4 is 23.2 Å². The molecule has 0 unspecified atom stereocenters. The van der Waals surface area contributed by atoms with Gasteiger partial charge in [0.15, 0.2) is 14.1 Å². The zero-order valence-electron chi connectivity index (χ0n) is 8.36. The minimum atomic E-state index is -1.31. The van der Waals surface area contributed by atoms with Crippen LogP contribution in [0.5, 0.6) is 0 Å². The molecular formula is C7H18NOSi2. The Hall–Kier alpha value is -0.0962. The van der Waals surface area contributed by atoms with Crippen LogP contribution in [0.4, 0.5) is 0 Å². The predicted molar refractivity (Wildman–Crippen MR) is 55.0 cm³/mol. The van der Waals surface area contributed by atoms with E-state index in [1.807, 2.05) is 6.92 Å². The lowest BCUT2D eigenvalue weighted by Gasteiger charge is -2.13. The molecule has 4 heteroatoms. The van der Waals surface area contributed by atoms with Gasteiger partial charge in [0.05, 0.1) is 0 Å². The van der Waals surface area contributed by atoms with Gasteiger partial charge in [-0.15, -0.1) is 0 Å². The molecule has 0 aromatic heterocycles. The third kappa shape index (κ3) is 7.80. The van der Waals surface area contributed by atoms with Crippen LogP contribution in [0.25, 0.3) is 0 Å². The van der Waals surface area contributed by atoms with Crippen molar-refractivity contribution in [1.82, 2.24) is 0 Å². The Bertz CT molecular complexity index is 149. The monoisotopic (exact) mass is 188 g/mol. The maximum Gasteiger partial charge on any atom is 0.275 e. The molecular weight excluding hydrogens is 170 g/mol. The second-order valence-corrected chi connectivity index (χ2v) is 10.4. The normalized spacial score (nSPS) is 13.9. The standard InChI is InChI=1S/C7H18NOSi2/c1-7(9-10(2)3)8-11(4,5)6/h1-6H3/b8-7+. The third-order valence-electron chi connectivity index (χ3n) is 0.845. The van der Waals surface area contributed by atoms with Crippen LogP contribution in [-0.2, 0) is 4.43 Å². The lowest BCUT2D eigenvalue weighted by atomic mass is 10.8. The van der Waals surface area contributed by atoms with Gasteiger partial charge in [-0.3, -0.25) is 4.66 Å². The summed E-state index contributed by atoms with van der Waals surface area (Å²) < 4.78 is 10.0. The second-order valence-electron chi connectivity index (χ2n) is 3.81. The molecule has 0 saturated heterocycles. The first kappa shape index (κ1) is 10.9. The lowest BCUT2D eigenvalue weighted by Crippen LogP contribution is -2.22. The average Bonchev–Trinajstić information content (AvgIpc) is 1.53. The Labute approximate surface area is 72.5 Å². The average molecular weight is 188 g/mol. The first-order valence-corrected chi connectivity index (χ1v) is 9.71. The molecule has 2 nitrogen and oxygen atoms in total. The van der Waals surface area contributed by atoms with Gasteiger partial charge in [0.25, 0.3) is 9.04 Å². The third-order valence-corrected chi connectivity index (χ3v) is 2.53. The fraction of sp³-hybridized carbons (Fsp3) is 0.857. The van der Waals surface area contributed by atoms with Crippen LogP contribution in [0.15, 0.2) is 4.66 Å². The first-order valence-electron chi connectivity index (χ1n) is 3.86. The molecule has 0 N–H and O–H groups in total. The molecule has 0 aliphatic rings. The van der Waals surface area contributed by atoms with Crippen LogP contribution < -0.4 is 0 Å². The van der Waals surface area contributed by atoms with Crippen LogP contribution >= 0.6 is 0 Å². The topological polar surface area (TPSA) is 21.6 Å². The first-order chi connectivity index (χ1) is 4.81. The Morgan fingerprint density at radius 1 is 1.27 bits per heavy atom. The minimum absolute atomic E-state index is 0.614. The fourth-order valence-electron chi connectivity index (χ4n) is 0.791. The number of nitrogens with zero attached hydrogens (tertiary/aromatic N) is 1. The molecule has 0 amide bonds. The van der Waals surface area contributed by atoms with E-state index in [-0.39, 0.29) is 0 Å². The van der Waals surface area contributed by atoms with Crippen LogP contribution in [0, 0.1) is 0 Å². The molecule has 0 spiro atoms. The molecule has 0 fully saturated rings. The van der Waals surface area contributed by atoms with Gasteiger partial charge in [0, 0.05) is 6.92 Å². The smallest absolute Gasteiger partial charge is 0.275 e. The maximum absolute atomic E-state index is 5.51. The van der Waals surface area contributed by atoms with Crippen LogP contribution in [-0.4, -0.2) is 23.2 Å². The number of rotatable bonds is 2. The summed E-state index contributed by atoms with van der Waals surface area (Å²) in [5, 5.41) is 0. The van der Waals surface area contributed by atoms with E-state index in [1.54, 1.807) is 0 Å². The van der Waals surface area contributed by atoms with Crippen molar-refractivity contribution in [1.29, 1.82) is 0 Å². The van der Waals surface area contributed by atoms with Crippen molar-refractivity contribution < 1.29 is 4.43 Å². The van der Waals surface area contributed by atoms with Gasteiger partial charge in [0.1, 0.15) is 0 Å². The molecule has 0 aliphatic heterocycles. The SMILES string of the molecule is C/C(=N\[Si](C)(C)C)O[Si](C)C. The highest BCUT2D eigenvalue weighted by Gasteiger charge is 2.12. The quantitative estimate of drug-likeness (QED) is 0.371. The van der Waals surface area contributed by atoms with Crippen LogP contribution in [0.2, 0.25) is 32.7 Å². The minimum Gasteiger partial charge on any atom is -0.534 e. The van der Waals surface area contributed by atoms with Gasteiger partial charge in [-0.2, -0.15) is 0 Å². The van der Waals surface area contributed by atoms with Crippen molar-refractivity contribution in [3.63, 3.8) is 0 Å². The van der Waals surface area contributed by atoms with Gasteiger partial charge < -0.3 is 4.43 Å². The van der Waals surface area contributed by atoms with E-state index < -0.39 is 17.3 Å². The molecule has 0 aromatic rings. The molecule has 0 saturated carbocycles. The summed E-state index contributed by atoms with van der Waals surface area (Å²) in [6.45, 7) is 12.8. The summed E-state index contributed by atoms with van der Waals surface area (Å²) in [4.78, 5) is 0. The van der Waals surface area contributed by atoms with E-state index in [0.29, 0.717) is 0 Å². The summed E-state index contributed by atoms with van der Waals surface area (Å²) in [6.07, 6.45) is 0. The van der Waals surface area contributed by atoms with Gasteiger partial charge in [-0.05, 0) is 32.7 Å².